The lowest BCUT2D eigenvalue weighted by molar-refractivity contribution is -0.139. The van der Waals surface area contributed by atoms with Gasteiger partial charge in [-0.2, -0.15) is 0 Å². The molecular weight excluding hydrogens is 238 g/mol. The topological polar surface area (TPSA) is 84.9 Å². The van der Waals surface area contributed by atoms with Gasteiger partial charge in [-0.1, -0.05) is 12.1 Å². The fourth-order valence-corrected chi connectivity index (χ4v) is 1.18. The molecule has 0 aromatic heterocycles. The largest absolute Gasteiger partial charge is 0.480 e. The van der Waals surface area contributed by atoms with Crippen LogP contribution in [-0.4, -0.2) is 36.8 Å². The van der Waals surface area contributed by atoms with Crippen molar-refractivity contribution in [2.24, 2.45) is 0 Å². The van der Waals surface area contributed by atoms with E-state index < -0.39 is 18.7 Å². The molecule has 18 heavy (non-hydrogen) atoms. The molecule has 0 aliphatic heterocycles. The SMILES string of the molecule is COC(C)C(=O)Nc1ccccc1OCC(=O)O. The minimum Gasteiger partial charge on any atom is -0.480 e. The van der Waals surface area contributed by atoms with Gasteiger partial charge in [0.2, 0.25) is 0 Å². The Balaban J connectivity index is 2.75. The Morgan fingerprint density at radius 2 is 2.06 bits per heavy atom. The van der Waals surface area contributed by atoms with Crippen LogP contribution in [-0.2, 0) is 14.3 Å². The third-order valence-electron chi connectivity index (χ3n) is 2.22. The molecule has 1 amide bonds. The number of hydrogen-bond donors (Lipinski definition) is 2. The van der Waals surface area contributed by atoms with Crippen molar-refractivity contribution in [2.45, 2.75) is 13.0 Å². The molecule has 2 N–H and O–H groups in total. The highest BCUT2D eigenvalue weighted by Crippen LogP contribution is 2.23. The standard InChI is InChI=1S/C12H15NO5/c1-8(17-2)12(16)13-9-5-3-4-6-10(9)18-7-11(14)15/h3-6,8H,7H2,1-2H3,(H,13,16)(H,14,15). The van der Waals surface area contributed by atoms with Crippen LogP contribution in [0.25, 0.3) is 0 Å². The number of hydrogen-bond acceptors (Lipinski definition) is 4. The van der Waals surface area contributed by atoms with Crippen LogP contribution in [0.1, 0.15) is 6.92 Å². The minimum atomic E-state index is -1.08. The molecule has 0 aliphatic rings. The van der Waals surface area contributed by atoms with Crippen LogP contribution in [0.15, 0.2) is 24.3 Å². The summed E-state index contributed by atoms with van der Waals surface area (Å²) in [6, 6.07) is 6.60. The Hall–Kier alpha value is -2.08. The molecule has 1 atom stereocenters. The molecule has 1 unspecified atom stereocenters. The van der Waals surface area contributed by atoms with Crippen LogP contribution in [0.5, 0.6) is 5.75 Å². The number of para-hydroxylation sites is 2. The molecule has 0 bridgehead atoms. The Morgan fingerprint density at radius 1 is 1.39 bits per heavy atom. The number of carbonyl (C=O) groups is 2. The lowest BCUT2D eigenvalue weighted by Gasteiger charge is -2.13. The highest BCUT2D eigenvalue weighted by molar-refractivity contribution is 5.95. The molecule has 0 aliphatic carbocycles. The van der Waals surface area contributed by atoms with E-state index in [1.807, 2.05) is 0 Å². The maximum atomic E-state index is 11.6. The first-order valence-corrected chi connectivity index (χ1v) is 5.32. The first-order valence-electron chi connectivity index (χ1n) is 5.32. The Labute approximate surface area is 105 Å². The zero-order chi connectivity index (χ0) is 13.5. The van der Waals surface area contributed by atoms with Gasteiger partial charge in [-0.25, -0.2) is 4.79 Å². The summed E-state index contributed by atoms with van der Waals surface area (Å²) in [4.78, 5) is 22.1. The van der Waals surface area contributed by atoms with Crippen LogP contribution in [0.2, 0.25) is 0 Å². The van der Waals surface area contributed by atoms with Crippen molar-refractivity contribution >= 4 is 17.6 Å². The number of benzene rings is 1. The van der Waals surface area contributed by atoms with E-state index in [1.54, 1.807) is 31.2 Å². The predicted molar refractivity (Wildman–Crippen MR) is 64.7 cm³/mol. The van der Waals surface area contributed by atoms with Crippen LogP contribution >= 0.6 is 0 Å². The molecule has 6 nitrogen and oxygen atoms in total. The van der Waals surface area contributed by atoms with Gasteiger partial charge < -0.3 is 19.9 Å². The van der Waals surface area contributed by atoms with Crippen LogP contribution in [0.3, 0.4) is 0 Å². The normalized spacial score (nSPS) is 11.7. The molecule has 6 heteroatoms. The van der Waals surface area contributed by atoms with E-state index in [9.17, 15) is 9.59 Å². The number of nitrogens with one attached hydrogen (secondary N) is 1. The smallest absolute Gasteiger partial charge is 0.341 e. The fourth-order valence-electron chi connectivity index (χ4n) is 1.18. The van der Waals surface area contributed by atoms with Crippen molar-refractivity contribution in [3.05, 3.63) is 24.3 Å². The van der Waals surface area contributed by atoms with E-state index in [0.717, 1.165) is 0 Å². The first kappa shape index (κ1) is 14.0. The van der Waals surface area contributed by atoms with Gasteiger partial charge in [0, 0.05) is 7.11 Å². The van der Waals surface area contributed by atoms with Gasteiger partial charge in [-0.3, -0.25) is 4.79 Å². The quantitative estimate of drug-likeness (QED) is 0.793. The molecule has 0 saturated carbocycles. The van der Waals surface area contributed by atoms with E-state index in [2.05, 4.69) is 5.32 Å². The molecule has 0 heterocycles. The van der Waals surface area contributed by atoms with Crippen molar-refractivity contribution in [1.82, 2.24) is 0 Å². The summed E-state index contributed by atoms with van der Waals surface area (Å²) in [5.41, 5.74) is 0.410. The van der Waals surface area contributed by atoms with Crippen LogP contribution in [0.4, 0.5) is 5.69 Å². The van der Waals surface area contributed by atoms with Crippen LogP contribution in [0, 0.1) is 0 Å². The van der Waals surface area contributed by atoms with Gasteiger partial charge in [0.15, 0.2) is 6.61 Å². The third-order valence-corrected chi connectivity index (χ3v) is 2.22. The number of carboxylic acids is 1. The number of anilines is 1. The second-order valence-corrected chi connectivity index (χ2v) is 3.55. The highest BCUT2D eigenvalue weighted by atomic mass is 16.5. The number of carbonyl (C=O) groups excluding carboxylic acids is 1. The zero-order valence-electron chi connectivity index (χ0n) is 10.2. The molecule has 0 saturated heterocycles. The van der Waals surface area contributed by atoms with Gasteiger partial charge >= 0.3 is 5.97 Å². The monoisotopic (exact) mass is 253 g/mol. The number of methoxy groups -OCH3 is 1. The van der Waals surface area contributed by atoms with Crippen molar-refractivity contribution in [2.75, 3.05) is 19.0 Å². The number of aliphatic carboxylic acids is 1. The average molecular weight is 253 g/mol. The average Bonchev–Trinajstić information content (AvgIpc) is 2.36. The summed E-state index contributed by atoms with van der Waals surface area (Å²) in [6.07, 6.45) is -0.600. The predicted octanol–water partition coefficient (Wildman–Crippen LogP) is 1.12. The van der Waals surface area contributed by atoms with E-state index in [0.29, 0.717) is 11.4 Å². The van der Waals surface area contributed by atoms with Gasteiger partial charge in [-0.05, 0) is 19.1 Å². The molecule has 1 rings (SSSR count). The lowest BCUT2D eigenvalue weighted by atomic mass is 10.2. The molecule has 0 radical (unpaired) electrons. The molecular formula is C12H15NO5. The van der Waals surface area contributed by atoms with E-state index in [4.69, 9.17) is 14.6 Å². The summed E-state index contributed by atoms with van der Waals surface area (Å²) in [5, 5.41) is 11.1. The number of ether oxygens (including phenoxy) is 2. The molecule has 1 aromatic rings. The summed E-state index contributed by atoms with van der Waals surface area (Å²) in [5.74, 6) is -1.11. The molecule has 0 fully saturated rings. The Bertz CT molecular complexity index is 432. The van der Waals surface area contributed by atoms with Crippen LogP contribution < -0.4 is 10.1 Å². The second-order valence-electron chi connectivity index (χ2n) is 3.55. The zero-order valence-corrected chi connectivity index (χ0v) is 10.2. The van der Waals surface area contributed by atoms with Gasteiger partial charge in [0.05, 0.1) is 5.69 Å². The number of carboxylic acid groups (broad SMARTS) is 1. The van der Waals surface area contributed by atoms with Crippen molar-refractivity contribution in [3.8, 4) is 5.75 Å². The summed E-state index contributed by atoms with van der Waals surface area (Å²) in [7, 11) is 1.43. The molecule has 1 aromatic carbocycles. The molecule has 0 spiro atoms. The number of rotatable bonds is 6. The minimum absolute atomic E-state index is 0.302. The maximum absolute atomic E-state index is 11.6. The lowest BCUT2D eigenvalue weighted by Crippen LogP contribution is -2.26. The number of amides is 1. The summed E-state index contributed by atoms with van der Waals surface area (Å²) < 4.78 is 9.93. The van der Waals surface area contributed by atoms with E-state index in [1.165, 1.54) is 7.11 Å². The van der Waals surface area contributed by atoms with Gasteiger partial charge in [-0.15, -0.1) is 0 Å². The summed E-state index contributed by atoms with van der Waals surface area (Å²) in [6.45, 7) is 1.14. The van der Waals surface area contributed by atoms with E-state index in [-0.39, 0.29) is 5.91 Å². The summed E-state index contributed by atoms with van der Waals surface area (Å²) >= 11 is 0. The molecule has 98 valence electrons. The Morgan fingerprint density at radius 3 is 2.67 bits per heavy atom. The maximum Gasteiger partial charge on any atom is 0.341 e. The first-order chi connectivity index (χ1) is 8.54. The highest BCUT2D eigenvalue weighted by Gasteiger charge is 2.14. The van der Waals surface area contributed by atoms with Gasteiger partial charge in [0.25, 0.3) is 5.91 Å². The van der Waals surface area contributed by atoms with E-state index >= 15 is 0 Å². The fraction of sp³-hybridized carbons (Fsp3) is 0.333. The van der Waals surface area contributed by atoms with Crippen molar-refractivity contribution < 1.29 is 24.2 Å². The van der Waals surface area contributed by atoms with Gasteiger partial charge in [0.1, 0.15) is 11.9 Å². The Kier molecular flexibility index (Phi) is 5.13. The second kappa shape index (κ2) is 6.61. The van der Waals surface area contributed by atoms with Crippen molar-refractivity contribution in [3.63, 3.8) is 0 Å². The third kappa shape index (κ3) is 4.06. The van der Waals surface area contributed by atoms with Crippen molar-refractivity contribution in [1.29, 1.82) is 0 Å².